The molecular weight excluding hydrogens is 222 g/mol. The average molecular weight is 237 g/mol. The molecule has 0 aliphatic carbocycles. The normalized spacial score (nSPS) is 19.1. The van der Waals surface area contributed by atoms with Crippen molar-refractivity contribution in [1.82, 2.24) is 5.32 Å². The zero-order chi connectivity index (χ0) is 11.9. The largest absolute Gasteiger partial charge is 0.313 e. The molecule has 0 bridgehead atoms. The monoisotopic (exact) mass is 237 g/mol. The molecule has 0 saturated carbocycles. The minimum Gasteiger partial charge on any atom is -0.313 e. The van der Waals surface area contributed by atoms with E-state index < -0.39 is 9.84 Å². The van der Waals surface area contributed by atoms with Gasteiger partial charge in [0.05, 0.1) is 4.90 Å². The van der Waals surface area contributed by atoms with Crippen LogP contribution in [0.1, 0.15) is 18.1 Å². The summed E-state index contributed by atoms with van der Waals surface area (Å²) in [7, 11) is -1.40. The topological polar surface area (TPSA) is 46.2 Å². The van der Waals surface area contributed by atoms with Crippen LogP contribution >= 0.6 is 0 Å². The van der Waals surface area contributed by atoms with Crippen LogP contribution in [0, 0.1) is 6.92 Å². The number of hydrogen-bond acceptors (Lipinski definition) is 3. The summed E-state index contributed by atoms with van der Waals surface area (Å²) in [6.45, 7) is 3.92. The van der Waals surface area contributed by atoms with Crippen molar-refractivity contribution in [2.45, 2.75) is 24.8 Å². The van der Waals surface area contributed by atoms with Crippen molar-refractivity contribution in [1.29, 1.82) is 0 Å². The SMILES string of the molecule is CNC(C)C1=CS(=O)(=O)c2ccc(C)cc21. The molecule has 0 aromatic heterocycles. The van der Waals surface area contributed by atoms with Crippen molar-refractivity contribution in [3.05, 3.63) is 34.7 Å². The smallest absolute Gasteiger partial charge is 0.200 e. The molecule has 0 radical (unpaired) electrons. The fraction of sp³-hybridized carbons (Fsp3) is 0.333. The van der Waals surface area contributed by atoms with E-state index in [2.05, 4.69) is 5.32 Å². The van der Waals surface area contributed by atoms with Gasteiger partial charge < -0.3 is 5.32 Å². The van der Waals surface area contributed by atoms with Crippen molar-refractivity contribution in [3.63, 3.8) is 0 Å². The van der Waals surface area contributed by atoms with E-state index in [-0.39, 0.29) is 6.04 Å². The molecule has 1 heterocycles. The van der Waals surface area contributed by atoms with Crippen molar-refractivity contribution in [2.24, 2.45) is 0 Å². The van der Waals surface area contributed by atoms with E-state index in [0.717, 1.165) is 16.7 Å². The van der Waals surface area contributed by atoms with Crippen molar-refractivity contribution in [2.75, 3.05) is 7.05 Å². The van der Waals surface area contributed by atoms with Crippen molar-refractivity contribution in [3.8, 4) is 0 Å². The van der Waals surface area contributed by atoms with Gasteiger partial charge in [-0.2, -0.15) is 0 Å². The Morgan fingerprint density at radius 2 is 2.00 bits per heavy atom. The number of fused-ring (bicyclic) bond motifs is 1. The Morgan fingerprint density at radius 3 is 2.62 bits per heavy atom. The second-order valence-electron chi connectivity index (χ2n) is 4.13. The van der Waals surface area contributed by atoms with E-state index in [4.69, 9.17) is 0 Å². The molecule has 1 atom stereocenters. The zero-order valence-electron chi connectivity index (χ0n) is 9.61. The second-order valence-corrected chi connectivity index (χ2v) is 5.89. The summed E-state index contributed by atoms with van der Waals surface area (Å²) in [6, 6.07) is 5.49. The standard InChI is InChI=1S/C12H15NO2S/c1-8-4-5-12-10(6-8)11(9(2)13-3)7-16(12,14)15/h4-7,9,13H,1-3H3. The number of nitrogens with one attached hydrogen (secondary N) is 1. The van der Waals surface area contributed by atoms with Crippen LogP contribution in [0.25, 0.3) is 5.57 Å². The third-order valence-electron chi connectivity index (χ3n) is 2.93. The molecule has 1 aromatic carbocycles. The summed E-state index contributed by atoms with van der Waals surface area (Å²) in [5.74, 6) is 0. The van der Waals surface area contributed by atoms with Crippen LogP contribution < -0.4 is 5.32 Å². The summed E-state index contributed by atoms with van der Waals surface area (Å²) >= 11 is 0. The van der Waals surface area contributed by atoms with Crippen LogP contribution in [0.5, 0.6) is 0 Å². The van der Waals surface area contributed by atoms with E-state index >= 15 is 0 Å². The van der Waals surface area contributed by atoms with E-state index in [1.54, 1.807) is 6.07 Å². The molecule has 1 aromatic rings. The number of sulfone groups is 1. The maximum absolute atomic E-state index is 11.9. The van der Waals surface area contributed by atoms with Gasteiger partial charge >= 0.3 is 0 Å². The van der Waals surface area contributed by atoms with E-state index in [9.17, 15) is 8.42 Å². The highest BCUT2D eigenvalue weighted by molar-refractivity contribution is 7.95. The Bertz CT molecular complexity index is 558. The highest BCUT2D eigenvalue weighted by atomic mass is 32.2. The molecule has 0 saturated heterocycles. The molecule has 1 unspecified atom stereocenters. The number of rotatable bonds is 2. The predicted octanol–water partition coefficient (Wildman–Crippen LogP) is 1.73. The highest BCUT2D eigenvalue weighted by Gasteiger charge is 2.28. The lowest BCUT2D eigenvalue weighted by Crippen LogP contribution is -2.22. The molecule has 1 aliphatic heterocycles. The van der Waals surface area contributed by atoms with Gasteiger partial charge in [-0.15, -0.1) is 0 Å². The molecule has 4 heteroatoms. The zero-order valence-corrected chi connectivity index (χ0v) is 10.4. The van der Waals surface area contributed by atoms with Gasteiger partial charge in [-0.3, -0.25) is 0 Å². The third-order valence-corrected chi connectivity index (χ3v) is 4.47. The Labute approximate surface area is 96.1 Å². The lowest BCUT2D eigenvalue weighted by molar-refractivity contribution is 0.605. The maximum atomic E-state index is 11.9. The van der Waals surface area contributed by atoms with Gasteiger partial charge in [0.25, 0.3) is 0 Å². The Morgan fingerprint density at radius 1 is 1.31 bits per heavy atom. The second kappa shape index (κ2) is 3.71. The van der Waals surface area contributed by atoms with Crippen LogP contribution in [-0.2, 0) is 9.84 Å². The summed E-state index contributed by atoms with van der Waals surface area (Å²) in [5.41, 5.74) is 2.76. The van der Waals surface area contributed by atoms with Crippen LogP contribution in [0.2, 0.25) is 0 Å². The first kappa shape index (κ1) is 11.4. The fourth-order valence-corrected chi connectivity index (χ4v) is 3.44. The van der Waals surface area contributed by atoms with Crippen LogP contribution in [0.15, 0.2) is 28.5 Å². The van der Waals surface area contributed by atoms with Gasteiger partial charge in [-0.25, -0.2) is 8.42 Å². The Hall–Kier alpha value is -1.13. The summed E-state index contributed by atoms with van der Waals surface area (Å²) in [4.78, 5) is 0.426. The van der Waals surface area contributed by atoms with Gasteiger partial charge in [0.15, 0.2) is 0 Å². The van der Waals surface area contributed by atoms with Crippen molar-refractivity contribution >= 4 is 15.4 Å². The van der Waals surface area contributed by atoms with Crippen LogP contribution in [0.3, 0.4) is 0 Å². The molecule has 86 valence electrons. The first-order valence-electron chi connectivity index (χ1n) is 5.20. The van der Waals surface area contributed by atoms with Gasteiger partial charge in [0.2, 0.25) is 9.84 Å². The molecule has 0 fully saturated rings. The minimum atomic E-state index is -3.23. The molecule has 0 spiro atoms. The predicted molar refractivity (Wildman–Crippen MR) is 64.9 cm³/mol. The van der Waals surface area contributed by atoms with Gasteiger partial charge in [-0.05, 0) is 38.1 Å². The molecule has 16 heavy (non-hydrogen) atoms. The molecular formula is C12H15NO2S. The van der Waals surface area contributed by atoms with E-state index in [1.165, 1.54) is 5.41 Å². The first-order valence-corrected chi connectivity index (χ1v) is 6.75. The lowest BCUT2D eigenvalue weighted by atomic mass is 10.00. The fourth-order valence-electron chi connectivity index (χ4n) is 1.90. The van der Waals surface area contributed by atoms with Crippen molar-refractivity contribution < 1.29 is 8.42 Å². The lowest BCUT2D eigenvalue weighted by Gasteiger charge is -2.12. The number of hydrogen-bond donors (Lipinski definition) is 1. The third kappa shape index (κ3) is 1.68. The molecule has 0 amide bonds. The van der Waals surface area contributed by atoms with Gasteiger partial charge in [0, 0.05) is 11.4 Å². The number of aryl methyl sites for hydroxylation is 1. The molecule has 3 nitrogen and oxygen atoms in total. The average Bonchev–Trinajstić information content (AvgIpc) is 2.49. The summed E-state index contributed by atoms with van der Waals surface area (Å²) in [6.07, 6.45) is 0. The molecule has 1 aliphatic rings. The number of likely N-dealkylation sites (N-methyl/N-ethyl adjacent to an activating group) is 1. The van der Waals surface area contributed by atoms with E-state index in [0.29, 0.717) is 4.90 Å². The van der Waals surface area contributed by atoms with Crippen LogP contribution in [-0.4, -0.2) is 21.5 Å². The molecule has 1 N–H and O–H groups in total. The maximum Gasteiger partial charge on any atom is 0.200 e. The van der Waals surface area contributed by atoms with Gasteiger partial charge in [0.1, 0.15) is 0 Å². The Kier molecular flexibility index (Phi) is 2.64. The molecule has 2 rings (SSSR count). The quantitative estimate of drug-likeness (QED) is 0.852. The first-order chi connectivity index (χ1) is 7.45. The minimum absolute atomic E-state index is 0.0397. The summed E-state index contributed by atoms with van der Waals surface area (Å²) < 4.78 is 23.8. The Balaban J connectivity index is 2.66. The van der Waals surface area contributed by atoms with E-state index in [1.807, 2.05) is 33.0 Å². The van der Waals surface area contributed by atoms with Gasteiger partial charge in [-0.1, -0.05) is 17.7 Å². The van der Waals surface area contributed by atoms with Crippen LogP contribution in [0.4, 0.5) is 0 Å². The highest BCUT2D eigenvalue weighted by Crippen LogP contribution is 2.35. The number of benzene rings is 1. The summed E-state index contributed by atoms with van der Waals surface area (Å²) in [5, 5.41) is 4.45.